The summed E-state index contributed by atoms with van der Waals surface area (Å²) in [6, 6.07) is -46.7. The fourth-order valence-corrected chi connectivity index (χ4v) is 14.8. The molecule has 0 N–H and O–H groups in total. The molecule has 9 aromatic carbocycles. The normalized spacial score (nSPS) is 20.5. The number of aromatic nitrogens is 5. The monoisotopic (exact) mass is 906 g/mol. The van der Waals surface area contributed by atoms with Crippen molar-refractivity contribution in [3.8, 4) is 34.4 Å². The van der Waals surface area contributed by atoms with Crippen molar-refractivity contribution in [1.29, 1.82) is 0 Å². The fourth-order valence-electron chi connectivity index (χ4n) is 7.29. The molecule has 0 atom stereocenters. The number of para-hydroxylation sites is 5. The number of rotatable bonds is 8. The van der Waals surface area contributed by atoms with E-state index in [4.69, 9.17) is 27.4 Å². The maximum atomic E-state index is 10.7. The van der Waals surface area contributed by atoms with Crippen LogP contribution in [0, 0.1) is 0 Å². The molecular weight excluding hydrogens is 827 g/mol. The molecule has 0 radical (unpaired) electrons. The van der Waals surface area contributed by atoms with Crippen LogP contribution >= 0.6 is 0 Å². The Bertz CT molecular complexity index is 5560. The molecule has 6 heteroatoms. The quantitative estimate of drug-likeness (QED) is 0.143. The minimum atomic E-state index is -7.68. The van der Waals surface area contributed by atoms with Crippen molar-refractivity contribution in [1.82, 2.24) is 24.1 Å². The van der Waals surface area contributed by atoms with Crippen LogP contribution in [-0.2, 0) is 0 Å². The molecule has 12 aromatic rings. The van der Waals surface area contributed by atoms with E-state index in [9.17, 15) is 26.0 Å². The van der Waals surface area contributed by atoms with Gasteiger partial charge in [-0.1, -0.05) is 12.1 Å². The molecule has 0 aliphatic heterocycles. The molecule has 0 amide bonds. The van der Waals surface area contributed by atoms with Crippen molar-refractivity contribution in [3.63, 3.8) is 0 Å². The van der Waals surface area contributed by atoms with Crippen LogP contribution in [0.5, 0.6) is 0 Å². The van der Waals surface area contributed by atoms with Crippen molar-refractivity contribution in [2.24, 2.45) is 0 Å². The summed E-state index contributed by atoms with van der Waals surface area (Å²) < 4.78 is 358. The molecule has 0 unspecified atom stereocenters. The average molecular weight is 906 g/mol. The SMILES string of the molecule is [2H]c1c([2H])c([2H])[c]([Ge]([c]2c([2H])c([2H])c([2H])c([2H])c2[2H])([c]2c([2H])c([2H])c([2H])c([2H])c2[2H])[c]2c([2H])c([2H])c([2H])c(-c3nc(-c4c([2H])c([2H])c([2H])c([2H])c4-n4c5c([2H])c([2H])c([2H])c([2H])c5c5c([2H])c([2H])c([2H])c([2H])c54)nc(-n4c5c([2H])c([2H])c([2H])c([2H])c5c5c([2H])c([2H])c([2H])c([2H])c54)n3)c2[2H])c([2H])c1[2H]. The van der Waals surface area contributed by atoms with Gasteiger partial charge in [0.05, 0.1) is 8.22 Å². The molecule has 296 valence electrons. The first kappa shape index (κ1) is 14.6. The van der Waals surface area contributed by atoms with Gasteiger partial charge in [0.1, 0.15) is 0 Å². The Hall–Kier alpha value is -7.87. The van der Waals surface area contributed by atoms with Crippen LogP contribution in [-0.4, -0.2) is 37.4 Å². The van der Waals surface area contributed by atoms with E-state index in [1.165, 1.54) is 0 Å². The van der Waals surface area contributed by atoms with E-state index in [1.807, 2.05) is 0 Å². The summed E-state index contributed by atoms with van der Waals surface area (Å²) in [6.45, 7) is 0. The molecule has 0 fully saturated rings. The van der Waals surface area contributed by atoms with Crippen LogP contribution in [0.4, 0.5) is 0 Å². The zero-order chi connectivity index (χ0) is 75.7. The topological polar surface area (TPSA) is 48.5 Å². The van der Waals surface area contributed by atoms with Gasteiger partial charge in [-0.05, 0) is 0 Å². The van der Waals surface area contributed by atoms with E-state index < -0.39 is 345 Å². The van der Waals surface area contributed by atoms with Gasteiger partial charge in [-0.3, -0.25) is 0 Å². The number of hydrogen-bond acceptors (Lipinski definition) is 3. The van der Waals surface area contributed by atoms with Gasteiger partial charge in [-0.15, -0.1) is 0 Å². The predicted molar refractivity (Wildman–Crippen MR) is 263 cm³/mol. The summed E-state index contributed by atoms with van der Waals surface area (Å²) >= 11 is -7.68. The van der Waals surface area contributed by atoms with Crippen molar-refractivity contribution in [2.75, 3.05) is 0 Å². The number of benzene rings is 9. The Labute approximate surface area is 422 Å². The molecule has 0 spiro atoms. The molecule has 3 heterocycles. The average Bonchev–Trinajstić information content (AvgIpc) is 0.832. The molecule has 63 heavy (non-hydrogen) atoms. The first-order valence-corrected chi connectivity index (χ1v) is 22.4. The molecule has 0 saturated carbocycles. The Morgan fingerprint density at radius 2 is 0.730 bits per heavy atom. The van der Waals surface area contributed by atoms with E-state index in [2.05, 4.69) is 15.0 Å². The predicted octanol–water partition coefficient (Wildman–Crippen LogP) is 10.8. The summed E-state index contributed by atoms with van der Waals surface area (Å²) in [5.74, 6) is -3.83. The summed E-state index contributed by atoms with van der Waals surface area (Å²) in [4.78, 5) is 13.7. The van der Waals surface area contributed by atoms with Gasteiger partial charge in [0.15, 0.2) is 0 Å². The van der Waals surface area contributed by atoms with Crippen molar-refractivity contribution in [2.45, 2.75) is 0 Å². The number of nitrogens with zero attached hydrogens (tertiary/aromatic N) is 5. The van der Waals surface area contributed by atoms with E-state index >= 15 is 0 Å². The zero-order valence-electron chi connectivity index (χ0n) is 70.2. The molecule has 12 rings (SSSR count). The molecule has 3 aromatic heterocycles. The van der Waals surface area contributed by atoms with Crippen LogP contribution < -0.4 is 17.6 Å². The standard InChI is InChI=1S/C57H39GeN5/c1-4-22-41(23-5-1)58(42-24-6-2-7-25-42,43-26-8-3-9-27-43)44-28-20-21-40(39-44)55-59-56(61-57(60-55)63-52-36-17-12-31-47(52)48-32-13-18-37-53(48)63)49-33-14-19-38-54(49)62-50-34-15-10-29-45(50)46-30-11-16-35-51(46)62/h1-39H/i1D,2D,3D,4D,5D,6D,7D,8D,9D,10D,11D,12D,13D,14D,15D,16D,17D,18D,19D,20D,21D,22D,23D,24D,25D,26D,27D,28D,29D,30D,31D,32D,33D,34D,35D,36D,37D,38D,39D. The second-order valence-corrected chi connectivity index (χ2v) is 20.4. The van der Waals surface area contributed by atoms with Gasteiger partial charge in [-0.25, -0.2) is 0 Å². The molecule has 5 nitrogen and oxygen atoms in total. The second kappa shape index (κ2) is 15.2. The third-order valence-electron chi connectivity index (χ3n) is 9.85. The molecule has 0 saturated heterocycles. The van der Waals surface area contributed by atoms with E-state index in [-0.39, 0.29) is 0 Å². The van der Waals surface area contributed by atoms with Crippen LogP contribution in [0.2, 0.25) is 0 Å². The molecular formula is C57H39GeN5. The summed E-state index contributed by atoms with van der Waals surface area (Å²) in [6.07, 6.45) is 0. The third-order valence-corrected chi connectivity index (χ3v) is 18.2. The van der Waals surface area contributed by atoms with Gasteiger partial charge in [-0.2, -0.15) is 0 Å². The molecule has 0 aliphatic carbocycles. The van der Waals surface area contributed by atoms with Crippen LogP contribution in [0.25, 0.3) is 78.0 Å². The first-order valence-electron chi connectivity index (χ1n) is 37.7. The van der Waals surface area contributed by atoms with Crippen molar-refractivity contribution in [3.05, 3.63) is 236 Å². The van der Waals surface area contributed by atoms with Gasteiger partial charge < -0.3 is 0 Å². The Kier molecular flexibility index (Phi) is 3.54. The fraction of sp³-hybridized carbons (Fsp3) is 0. The number of fused-ring (bicyclic) bond motifs is 6. The van der Waals surface area contributed by atoms with E-state index in [1.54, 1.807) is 0 Å². The van der Waals surface area contributed by atoms with Crippen molar-refractivity contribution >= 4 is 74.5 Å². The van der Waals surface area contributed by atoms with Crippen molar-refractivity contribution < 1.29 is 53.5 Å². The summed E-state index contributed by atoms with van der Waals surface area (Å²) in [5.41, 5.74) is -6.77. The summed E-state index contributed by atoms with van der Waals surface area (Å²) in [5, 5.41) is -2.70. The van der Waals surface area contributed by atoms with Crippen LogP contribution in [0.15, 0.2) is 236 Å². The van der Waals surface area contributed by atoms with E-state index in [0.717, 1.165) is 0 Å². The van der Waals surface area contributed by atoms with Gasteiger partial charge in [0.2, 0.25) is 0 Å². The minimum absolute atomic E-state index is 0.566. The van der Waals surface area contributed by atoms with Gasteiger partial charge in [0.25, 0.3) is 0 Å². The van der Waals surface area contributed by atoms with Crippen LogP contribution in [0.3, 0.4) is 0 Å². The van der Waals surface area contributed by atoms with Gasteiger partial charge >= 0.3 is 402 Å². The Balaban J connectivity index is 1.42. The second-order valence-electron chi connectivity index (χ2n) is 13.1. The summed E-state index contributed by atoms with van der Waals surface area (Å²) in [7, 11) is 0. The Morgan fingerprint density at radius 3 is 1.24 bits per heavy atom. The molecule has 0 bridgehead atoms. The number of hydrogen-bond donors (Lipinski definition) is 0. The molecule has 0 aliphatic rings. The third kappa shape index (κ3) is 5.96. The Morgan fingerprint density at radius 1 is 0.333 bits per heavy atom. The van der Waals surface area contributed by atoms with Gasteiger partial charge in [0, 0.05) is 0 Å². The first-order chi connectivity index (χ1) is 47.5. The van der Waals surface area contributed by atoms with Crippen LogP contribution in [0.1, 0.15) is 53.5 Å². The maximum absolute atomic E-state index is 10.7. The zero-order valence-corrected chi connectivity index (χ0v) is 33.3. The van der Waals surface area contributed by atoms with E-state index in [0.29, 0.717) is 9.13 Å².